The molecule has 2 aromatic heterocycles. The van der Waals surface area contributed by atoms with Crippen LogP contribution in [0.2, 0.25) is 0 Å². The molecule has 0 aliphatic carbocycles. The molecule has 0 saturated carbocycles. The summed E-state index contributed by atoms with van der Waals surface area (Å²) in [4.78, 5) is 10.8. The Kier molecular flexibility index (Phi) is 7.26. The average Bonchev–Trinajstić information content (AvgIpc) is 3.30. The highest BCUT2D eigenvalue weighted by atomic mass is 14.7. The van der Waals surface area contributed by atoms with Gasteiger partial charge in [-0.05, 0) is 73.5 Å². The Labute approximate surface area is 335 Å². The molecule has 10 aromatic carbocycles. The van der Waals surface area contributed by atoms with Gasteiger partial charge in [0.1, 0.15) is 0 Å². The third-order valence-corrected chi connectivity index (χ3v) is 12.0. The average molecular weight is 735 g/mol. The lowest BCUT2D eigenvalue weighted by atomic mass is 9.87. The summed E-state index contributed by atoms with van der Waals surface area (Å²) in [5, 5.41) is 14.4. The van der Waals surface area contributed by atoms with E-state index in [-0.39, 0.29) is 0 Å². The molecule has 0 atom stereocenters. The van der Waals surface area contributed by atoms with Crippen LogP contribution in [0.25, 0.3) is 120 Å². The van der Waals surface area contributed by atoms with Crippen molar-refractivity contribution in [3.63, 3.8) is 0 Å². The van der Waals surface area contributed by atoms with Gasteiger partial charge in [-0.3, -0.25) is 0 Å². The number of rotatable bonds is 4. The van der Waals surface area contributed by atoms with Crippen LogP contribution in [0.3, 0.4) is 0 Å². The van der Waals surface area contributed by atoms with Gasteiger partial charge < -0.3 is 0 Å². The van der Waals surface area contributed by atoms with Gasteiger partial charge in [0.25, 0.3) is 0 Å². The van der Waals surface area contributed by atoms with E-state index in [1.54, 1.807) is 0 Å². The van der Waals surface area contributed by atoms with Gasteiger partial charge in [-0.25, -0.2) is 9.97 Å². The highest BCUT2D eigenvalue weighted by Crippen LogP contribution is 2.45. The number of aromatic nitrogens is 2. The second-order valence-electron chi connectivity index (χ2n) is 15.2. The zero-order valence-electron chi connectivity index (χ0n) is 31.5. The first-order valence-corrected chi connectivity index (χ1v) is 19.9. The van der Waals surface area contributed by atoms with Crippen LogP contribution in [-0.2, 0) is 0 Å². The molecule has 0 bridgehead atoms. The number of pyridine rings is 2. The van der Waals surface area contributed by atoms with Crippen LogP contribution in [0.4, 0.5) is 0 Å². The van der Waals surface area contributed by atoms with Gasteiger partial charge in [-0.1, -0.05) is 182 Å². The summed E-state index contributed by atoms with van der Waals surface area (Å²) in [5.74, 6) is 0. The second kappa shape index (κ2) is 12.9. The van der Waals surface area contributed by atoms with Crippen LogP contribution in [0.1, 0.15) is 0 Å². The summed E-state index contributed by atoms with van der Waals surface area (Å²) in [5.41, 5.74) is 11.0. The van der Waals surface area contributed by atoms with E-state index < -0.39 is 0 Å². The summed E-state index contributed by atoms with van der Waals surface area (Å²) in [7, 11) is 0. The van der Waals surface area contributed by atoms with E-state index in [0.29, 0.717) is 0 Å². The molecular weight excluding hydrogens is 701 g/mol. The van der Waals surface area contributed by atoms with Gasteiger partial charge in [0, 0.05) is 48.8 Å². The molecule has 0 aliphatic heterocycles. The van der Waals surface area contributed by atoms with Crippen molar-refractivity contribution in [2.24, 2.45) is 0 Å². The molecular formula is C56H34N2. The predicted octanol–water partition coefficient (Wildman–Crippen LogP) is 15.2. The van der Waals surface area contributed by atoms with Crippen LogP contribution in [0.5, 0.6) is 0 Å². The van der Waals surface area contributed by atoms with Gasteiger partial charge in [-0.15, -0.1) is 0 Å². The molecule has 0 N–H and O–H groups in total. The molecule has 0 amide bonds. The van der Waals surface area contributed by atoms with Crippen molar-refractivity contribution in [1.82, 2.24) is 9.97 Å². The molecule has 268 valence electrons. The minimum Gasteiger partial charge on any atom is -0.247 e. The van der Waals surface area contributed by atoms with Crippen molar-refractivity contribution in [2.75, 3.05) is 0 Å². The molecule has 0 radical (unpaired) electrons. The minimum absolute atomic E-state index is 0.997. The SMILES string of the molecule is c1ccc(-c2nc3ccccc3c3c2cc(-c2cccc(-c4cc5c(-c6ccccc6)nc6c7ccccc7ccc6c5c5ccccc45)c2)c2ccccc23)cc1. The molecule has 12 aromatic rings. The number of benzene rings is 10. The van der Waals surface area contributed by atoms with E-state index in [4.69, 9.17) is 9.97 Å². The van der Waals surface area contributed by atoms with Gasteiger partial charge in [0.2, 0.25) is 0 Å². The maximum Gasteiger partial charge on any atom is 0.0794 e. The summed E-state index contributed by atoms with van der Waals surface area (Å²) in [6.07, 6.45) is 0. The van der Waals surface area contributed by atoms with Crippen LogP contribution < -0.4 is 0 Å². The monoisotopic (exact) mass is 734 g/mol. The quantitative estimate of drug-likeness (QED) is 0.168. The molecule has 0 spiro atoms. The molecule has 0 fully saturated rings. The fourth-order valence-corrected chi connectivity index (χ4v) is 9.38. The predicted molar refractivity (Wildman–Crippen MR) is 246 cm³/mol. The number of hydrogen-bond acceptors (Lipinski definition) is 2. The van der Waals surface area contributed by atoms with Crippen molar-refractivity contribution in [1.29, 1.82) is 0 Å². The largest absolute Gasteiger partial charge is 0.247 e. The first-order chi connectivity index (χ1) is 28.8. The van der Waals surface area contributed by atoms with Gasteiger partial charge in [-0.2, -0.15) is 0 Å². The highest BCUT2D eigenvalue weighted by Gasteiger charge is 2.20. The Bertz CT molecular complexity index is 3610. The van der Waals surface area contributed by atoms with E-state index in [2.05, 4.69) is 206 Å². The standard InChI is InChI=1S/C56H34N2/c1-3-17-36(18-4-1)54-49-33-47(41-24-9-11-26-43(41)52(49)45-28-13-14-29-51(45)57-54)38-21-15-22-39(32-38)48-34-50-53(44-27-12-10-25-42(44)48)46-31-30-35-16-7-8-23-40(35)56(46)58-55(50)37-19-5-2-6-20-37/h1-34H. The van der Waals surface area contributed by atoms with Crippen LogP contribution in [0.15, 0.2) is 206 Å². The van der Waals surface area contributed by atoms with E-state index in [9.17, 15) is 0 Å². The molecule has 2 nitrogen and oxygen atoms in total. The topological polar surface area (TPSA) is 25.8 Å². The first-order valence-electron chi connectivity index (χ1n) is 19.9. The summed E-state index contributed by atoms with van der Waals surface area (Å²) in [6.45, 7) is 0. The minimum atomic E-state index is 0.997. The smallest absolute Gasteiger partial charge is 0.0794 e. The molecule has 0 saturated heterocycles. The zero-order valence-corrected chi connectivity index (χ0v) is 31.5. The third kappa shape index (κ3) is 4.99. The first kappa shape index (κ1) is 32.6. The Morgan fingerprint density at radius 1 is 0.259 bits per heavy atom. The Balaban J connectivity index is 1.15. The molecule has 2 heteroatoms. The molecule has 0 aliphatic rings. The zero-order chi connectivity index (χ0) is 38.2. The van der Waals surface area contributed by atoms with Gasteiger partial charge in [0.15, 0.2) is 0 Å². The van der Waals surface area contributed by atoms with E-state index >= 15 is 0 Å². The van der Waals surface area contributed by atoms with Crippen LogP contribution in [0, 0.1) is 0 Å². The second-order valence-corrected chi connectivity index (χ2v) is 15.2. The maximum absolute atomic E-state index is 5.52. The fourth-order valence-electron chi connectivity index (χ4n) is 9.38. The van der Waals surface area contributed by atoms with Crippen LogP contribution >= 0.6 is 0 Å². The van der Waals surface area contributed by atoms with Crippen LogP contribution in [-0.4, -0.2) is 9.97 Å². The number of para-hydroxylation sites is 1. The Hall–Kier alpha value is -7.68. The highest BCUT2D eigenvalue weighted by molar-refractivity contribution is 6.29. The summed E-state index contributed by atoms with van der Waals surface area (Å²) >= 11 is 0. The van der Waals surface area contributed by atoms with Gasteiger partial charge in [0.05, 0.1) is 22.4 Å². The Morgan fingerprint density at radius 2 is 0.724 bits per heavy atom. The fraction of sp³-hybridized carbons (Fsp3) is 0. The van der Waals surface area contributed by atoms with Crippen molar-refractivity contribution in [3.8, 4) is 44.8 Å². The van der Waals surface area contributed by atoms with E-state index in [1.165, 1.54) is 70.6 Å². The van der Waals surface area contributed by atoms with E-state index in [0.717, 1.165) is 49.9 Å². The van der Waals surface area contributed by atoms with Gasteiger partial charge >= 0.3 is 0 Å². The maximum atomic E-state index is 5.52. The normalized spacial score (nSPS) is 11.8. The summed E-state index contributed by atoms with van der Waals surface area (Å²) in [6, 6.07) is 74.5. The number of fused-ring (bicyclic) bond motifs is 12. The molecule has 2 heterocycles. The third-order valence-electron chi connectivity index (χ3n) is 12.0. The number of nitrogens with zero attached hydrogens (tertiary/aromatic N) is 2. The number of hydrogen-bond donors (Lipinski definition) is 0. The summed E-state index contributed by atoms with van der Waals surface area (Å²) < 4.78 is 0. The van der Waals surface area contributed by atoms with Crippen molar-refractivity contribution in [2.45, 2.75) is 0 Å². The Morgan fingerprint density at radius 3 is 1.34 bits per heavy atom. The van der Waals surface area contributed by atoms with Crippen molar-refractivity contribution < 1.29 is 0 Å². The van der Waals surface area contributed by atoms with Crippen molar-refractivity contribution >= 4 is 75.7 Å². The lowest BCUT2D eigenvalue weighted by molar-refractivity contribution is 1.43. The van der Waals surface area contributed by atoms with E-state index in [1.807, 2.05) is 0 Å². The molecule has 12 rings (SSSR count). The molecule has 58 heavy (non-hydrogen) atoms. The lowest BCUT2D eigenvalue weighted by Crippen LogP contribution is -1.94. The molecule has 0 unspecified atom stereocenters. The lowest BCUT2D eigenvalue weighted by Gasteiger charge is -2.18. The van der Waals surface area contributed by atoms with Crippen molar-refractivity contribution in [3.05, 3.63) is 206 Å².